The third-order valence-electron chi connectivity index (χ3n) is 4.63. The van der Waals surface area contributed by atoms with Crippen LogP contribution in [0.1, 0.15) is 36.1 Å². The summed E-state index contributed by atoms with van der Waals surface area (Å²) in [5, 5.41) is 15.4. The summed E-state index contributed by atoms with van der Waals surface area (Å²) in [4.78, 5) is 9.00. The summed E-state index contributed by atoms with van der Waals surface area (Å²) in [5.74, 6) is -0.833. The average Bonchev–Trinajstić information content (AvgIpc) is 2.64. The Morgan fingerprint density at radius 1 is 0.897 bits per heavy atom. The third kappa shape index (κ3) is 5.45. The number of aliphatic carboxylic acids is 1. The number of nitrogen functional groups attached to an aromatic ring is 2. The fourth-order valence-electron chi connectivity index (χ4n) is 2.98. The van der Waals surface area contributed by atoms with E-state index in [1.165, 1.54) is 0 Å². The monoisotopic (exact) mass is 389 g/mol. The van der Waals surface area contributed by atoms with Crippen molar-refractivity contribution in [3.05, 3.63) is 88.0 Å². The molecule has 0 fully saturated rings. The second-order valence-electron chi connectivity index (χ2n) is 7.07. The van der Waals surface area contributed by atoms with Gasteiger partial charge in [0.25, 0.3) is 5.97 Å². The number of anilines is 2. The molecule has 29 heavy (non-hydrogen) atoms. The van der Waals surface area contributed by atoms with Crippen LogP contribution in [-0.4, -0.2) is 16.8 Å². The molecule has 1 aliphatic carbocycles. The smallest absolute Gasteiger partial charge is 0.300 e. The minimum Gasteiger partial charge on any atom is -0.481 e. The zero-order valence-corrected chi connectivity index (χ0v) is 17.2. The molecule has 0 atom stereocenters. The molecule has 0 spiro atoms. The van der Waals surface area contributed by atoms with Crippen molar-refractivity contribution in [2.24, 2.45) is 0 Å². The number of nitrogens with one attached hydrogen (secondary N) is 1. The zero-order chi connectivity index (χ0) is 21.7. The van der Waals surface area contributed by atoms with E-state index in [0.717, 1.165) is 57.3 Å². The lowest BCUT2D eigenvalue weighted by Gasteiger charge is -2.17. The summed E-state index contributed by atoms with van der Waals surface area (Å²) >= 11 is 0. The van der Waals surface area contributed by atoms with E-state index in [4.69, 9.17) is 26.8 Å². The number of carboxylic acid groups (broad SMARTS) is 1. The number of rotatable bonds is 2. The van der Waals surface area contributed by atoms with E-state index in [2.05, 4.69) is 18.2 Å². The first-order chi connectivity index (χ1) is 13.6. The number of benzene rings is 2. The Hall–Kier alpha value is -3.60. The summed E-state index contributed by atoms with van der Waals surface area (Å²) in [5.41, 5.74) is 21.6. The van der Waals surface area contributed by atoms with Crippen molar-refractivity contribution in [2.45, 2.75) is 27.7 Å². The predicted molar refractivity (Wildman–Crippen MR) is 121 cm³/mol. The van der Waals surface area contributed by atoms with E-state index in [1.54, 1.807) is 0 Å². The average molecular weight is 389 g/mol. The third-order valence-corrected chi connectivity index (χ3v) is 4.63. The summed E-state index contributed by atoms with van der Waals surface area (Å²) < 4.78 is 0. The molecular formula is C24H27N3O2. The van der Waals surface area contributed by atoms with Gasteiger partial charge in [-0.25, -0.2) is 0 Å². The fraction of sp³-hybridized carbons (Fsp3) is 0.167. The maximum atomic E-state index is 9.00. The zero-order valence-electron chi connectivity index (χ0n) is 17.2. The van der Waals surface area contributed by atoms with Crippen molar-refractivity contribution < 1.29 is 9.90 Å². The molecule has 0 saturated carbocycles. The molecule has 0 unspecified atom stereocenters. The Balaban J connectivity index is 0.000000687. The van der Waals surface area contributed by atoms with E-state index >= 15 is 0 Å². The van der Waals surface area contributed by atoms with Crippen molar-refractivity contribution in [2.75, 3.05) is 11.5 Å². The van der Waals surface area contributed by atoms with Crippen molar-refractivity contribution in [1.82, 2.24) is 0 Å². The number of hydrogen-bond donors (Lipinski definition) is 4. The maximum Gasteiger partial charge on any atom is 0.300 e. The van der Waals surface area contributed by atoms with E-state index in [0.29, 0.717) is 5.71 Å². The highest BCUT2D eigenvalue weighted by molar-refractivity contribution is 6.08. The van der Waals surface area contributed by atoms with E-state index < -0.39 is 5.97 Å². The van der Waals surface area contributed by atoms with Crippen molar-refractivity contribution >= 4 is 28.6 Å². The molecule has 2 aromatic rings. The van der Waals surface area contributed by atoms with Gasteiger partial charge in [0.1, 0.15) is 0 Å². The Labute approximate surface area is 171 Å². The Bertz CT molecular complexity index is 1000. The molecule has 150 valence electrons. The molecule has 1 aliphatic rings. The second kappa shape index (κ2) is 9.06. The highest BCUT2D eigenvalue weighted by Gasteiger charge is 2.14. The van der Waals surface area contributed by atoms with Gasteiger partial charge in [0.05, 0.1) is 5.71 Å². The van der Waals surface area contributed by atoms with Crippen LogP contribution in [0.3, 0.4) is 0 Å². The normalized spacial score (nSPS) is 12.8. The lowest BCUT2D eigenvalue weighted by molar-refractivity contribution is -0.134. The minimum atomic E-state index is -0.833. The van der Waals surface area contributed by atoms with Gasteiger partial charge in [-0.3, -0.25) is 4.79 Å². The lowest BCUT2D eigenvalue weighted by Crippen LogP contribution is -2.02. The molecule has 0 aromatic heterocycles. The van der Waals surface area contributed by atoms with Gasteiger partial charge in [0, 0.05) is 18.3 Å². The standard InChI is InChI=1S/C22H23N3.C2H4O2/c1-13-10-16(4-7-19(13)23)22(17-5-8-20(24)14(2)11-17)18-6-9-21(25)15(3)12-18;1-2(3)4/h4-12,23H,24-25H2,1-3H3;1H3,(H,3,4). The number of allylic oxidation sites excluding steroid dienone is 5. The molecule has 0 heterocycles. The first-order valence-corrected chi connectivity index (χ1v) is 9.22. The van der Waals surface area contributed by atoms with Crippen LogP contribution in [0.25, 0.3) is 5.57 Å². The van der Waals surface area contributed by atoms with Gasteiger partial charge in [0.15, 0.2) is 0 Å². The van der Waals surface area contributed by atoms with Crippen LogP contribution >= 0.6 is 0 Å². The van der Waals surface area contributed by atoms with Gasteiger partial charge < -0.3 is 22.0 Å². The van der Waals surface area contributed by atoms with Gasteiger partial charge in [0.2, 0.25) is 0 Å². The summed E-state index contributed by atoms with van der Waals surface area (Å²) in [7, 11) is 0. The number of carbonyl (C=O) groups is 1. The van der Waals surface area contributed by atoms with Gasteiger partial charge in [-0.15, -0.1) is 0 Å². The Morgan fingerprint density at radius 2 is 1.34 bits per heavy atom. The molecule has 6 N–H and O–H groups in total. The molecule has 5 heteroatoms. The van der Waals surface area contributed by atoms with E-state index in [9.17, 15) is 0 Å². The lowest BCUT2D eigenvalue weighted by atomic mass is 9.88. The highest BCUT2D eigenvalue weighted by atomic mass is 16.4. The predicted octanol–water partition coefficient (Wildman–Crippen LogP) is 4.90. The van der Waals surface area contributed by atoms with E-state index in [1.807, 2.05) is 57.2 Å². The molecule has 0 saturated heterocycles. The van der Waals surface area contributed by atoms with Crippen LogP contribution in [0.2, 0.25) is 0 Å². The molecule has 5 nitrogen and oxygen atoms in total. The van der Waals surface area contributed by atoms with Crippen molar-refractivity contribution in [3.8, 4) is 0 Å². The first-order valence-electron chi connectivity index (χ1n) is 9.22. The summed E-state index contributed by atoms with van der Waals surface area (Å²) in [6.45, 7) is 7.08. The van der Waals surface area contributed by atoms with Crippen LogP contribution in [0, 0.1) is 19.3 Å². The first kappa shape index (κ1) is 21.7. The highest BCUT2D eigenvalue weighted by Crippen LogP contribution is 2.33. The van der Waals surface area contributed by atoms with Crippen LogP contribution in [0.4, 0.5) is 11.4 Å². The minimum absolute atomic E-state index is 0.546. The fourth-order valence-corrected chi connectivity index (χ4v) is 2.98. The van der Waals surface area contributed by atoms with E-state index in [-0.39, 0.29) is 0 Å². The molecular weight excluding hydrogens is 362 g/mol. The molecule has 3 rings (SSSR count). The number of nitrogens with two attached hydrogens (primary N) is 2. The molecule has 2 aromatic carbocycles. The van der Waals surface area contributed by atoms with Gasteiger partial charge >= 0.3 is 0 Å². The molecule has 0 aliphatic heterocycles. The number of carboxylic acids is 1. The number of hydrogen-bond acceptors (Lipinski definition) is 4. The SMILES string of the molecule is CC(=O)O.CC1=CC(=C(c2ccc(N)c(C)c2)c2ccc(N)c(C)c2)C=CC1=N. The van der Waals surface area contributed by atoms with Crippen LogP contribution in [0.15, 0.2) is 65.8 Å². The topological polar surface area (TPSA) is 113 Å². The number of aryl methyl sites for hydroxylation is 2. The molecule has 0 amide bonds. The maximum absolute atomic E-state index is 9.00. The largest absolute Gasteiger partial charge is 0.481 e. The van der Waals surface area contributed by atoms with Crippen LogP contribution in [-0.2, 0) is 4.79 Å². The second-order valence-corrected chi connectivity index (χ2v) is 7.07. The molecule has 0 radical (unpaired) electrons. The van der Waals surface area contributed by atoms with Gasteiger partial charge in [-0.2, -0.15) is 0 Å². The van der Waals surface area contributed by atoms with Gasteiger partial charge in [-0.05, 0) is 96.2 Å². The van der Waals surface area contributed by atoms with Crippen molar-refractivity contribution in [3.63, 3.8) is 0 Å². The van der Waals surface area contributed by atoms with Gasteiger partial charge in [-0.1, -0.05) is 18.2 Å². The Morgan fingerprint density at radius 3 is 1.72 bits per heavy atom. The van der Waals surface area contributed by atoms with Crippen LogP contribution < -0.4 is 11.5 Å². The summed E-state index contributed by atoms with van der Waals surface area (Å²) in [6.07, 6.45) is 5.91. The van der Waals surface area contributed by atoms with Crippen molar-refractivity contribution in [1.29, 1.82) is 5.41 Å². The summed E-state index contributed by atoms with van der Waals surface area (Å²) in [6, 6.07) is 12.2. The quantitative estimate of drug-likeness (QED) is 0.547. The van der Waals surface area contributed by atoms with Crippen LogP contribution in [0.5, 0.6) is 0 Å². The Kier molecular flexibility index (Phi) is 6.78. The molecule has 0 bridgehead atoms.